The van der Waals surface area contributed by atoms with Crippen molar-refractivity contribution < 1.29 is 0 Å². The molecular weight excluding hydrogens is 665 g/mol. The van der Waals surface area contributed by atoms with Gasteiger partial charge >= 0.3 is 0 Å². The Kier molecular flexibility index (Phi) is 6.43. The summed E-state index contributed by atoms with van der Waals surface area (Å²) in [7, 11) is 0. The van der Waals surface area contributed by atoms with E-state index < -0.39 is 0 Å². The minimum atomic E-state index is 0.237. The third-order valence-electron chi connectivity index (χ3n) is 12.0. The topological polar surface area (TPSA) is 9.86 Å². The Bertz CT molecular complexity index is 3320. The van der Waals surface area contributed by atoms with E-state index in [-0.39, 0.29) is 5.92 Å². The average Bonchev–Trinajstić information content (AvgIpc) is 3.89. The van der Waals surface area contributed by atoms with E-state index in [9.17, 15) is 0 Å². The minimum Gasteiger partial charge on any atom is -0.309 e. The summed E-state index contributed by atoms with van der Waals surface area (Å²) in [6, 6.07) is 74.0. The SMILES string of the molecule is c1ccc(C2c3ccccc3-c3cc(-n4c5ccccc5c5cc(-c6ccc7c(c6)c6ccccc6n7-c6ccc7ccccc7c6)ccc54)ccc32)cc1. The van der Waals surface area contributed by atoms with Crippen molar-refractivity contribution in [3.63, 3.8) is 0 Å². The normalized spacial score (nSPS) is 13.6. The molecule has 11 aromatic rings. The van der Waals surface area contributed by atoms with Crippen LogP contribution < -0.4 is 0 Å². The molecule has 12 rings (SSSR count). The molecular formula is C53H34N2. The Morgan fingerprint density at radius 3 is 1.55 bits per heavy atom. The molecule has 0 fully saturated rings. The van der Waals surface area contributed by atoms with Gasteiger partial charge in [0.25, 0.3) is 0 Å². The van der Waals surface area contributed by atoms with Crippen LogP contribution in [0.25, 0.3) is 88.0 Å². The number of nitrogens with zero attached hydrogens (tertiary/aromatic N) is 2. The second-order valence-corrected chi connectivity index (χ2v) is 14.9. The van der Waals surface area contributed by atoms with Crippen molar-refractivity contribution in [1.29, 1.82) is 0 Å². The molecule has 256 valence electrons. The lowest BCUT2D eigenvalue weighted by molar-refractivity contribution is 1.01. The van der Waals surface area contributed by atoms with Gasteiger partial charge in [0, 0.05) is 38.8 Å². The summed E-state index contributed by atoms with van der Waals surface area (Å²) in [5.74, 6) is 0.237. The Balaban J connectivity index is 1.01. The molecule has 0 bridgehead atoms. The summed E-state index contributed by atoms with van der Waals surface area (Å²) < 4.78 is 4.86. The van der Waals surface area contributed by atoms with Crippen molar-refractivity contribution >= 4 is 54.4 Å². The monoisotopic (exact) mass is 698 g/mol. The molecule has 1 aliphatic rings. The maximum absolute atomic E-state index is 2.45. The van der Waals surface area contributed by atoms with Crippen LogP contribution in [-0.4, -0.2) is 9.13 Å². The maximum Gasteiger partial charge on any atom is 0.0541 e. The van der Waals surface area contributed by atoms with Crippen LogP contribution >= 0.6 is 0 Å². The number of aromatic nitrogens is 2. The van der Waals surface area contributed by atoms with Crippen LogP contribution in [0, 0.1) is 0 Å². The maximum atomic E-state index is 2.45. The zero-order valence-electron chi connectivity index (χ0n) is 30.0. The number of para-hydroxylation sites is 2. The molecule has 0 aliphatic heterocycles. The molecule has 0 saturated carbocycles. The Hall–Kier alpha value is -7.16. The number of hydrogen-bond acceptors (Lipinski definition) is 0. The van der Waals surface area contributed by atoms with Gasteiger partial charge in [0.15, 0.2) is 0 Å². The van der Waals surface area contributed by atoms with Crippen molar-refractivity contribution in [3.05, 3.63) is 217 Å². The lowest BCUT2D eigenvalue weighted by atomic mass is 9.89. The summed E-state index contributed by atoms with van der Waals surface area (Å²) in [5, 5.41) is 7.54. The summed E-state index contributed by atoms with van der Waals surface area (Å²) in [5.41, 5.74) is 16.4. The van der Waals surface area contributed by atoms with Gasteiger partial charge in [0.1, 0.15) is 0 Å². The lowest BCUT2D eigenvalue weighted by Gasteiger charge is -2.15. The third-order valence-corrected chi connectivity index (χ3v) is 12.0. The summed E-state index contributed by atoms with van der Waals surface area (Å²) in [6.45, 7) is 0. The standard InChI is InChI=1S/C53H34N2/c1-2-13-35(14-3-1)53-44-19-7-6-16-41(44)46-33-40(26-27-45(46)53)55-50-21-11-9-18-43(50)48-32-38(24-29-52(48)55)37-23-28-51-47(31-37)42-17-8-10-20-49(42)54(51)39-25-22-34-12-4-5-15-36(34)30-39/h1-33,53H. The van der Waals surface area contributed by atoms with Gasteiger partial charge in [-0.2, -0.15) is 0 Å². The van der Waals surface area contributed by atoms with Crippen LogP contribution in [0.4, 0.5) is 0 Å². The van der Waals surface area contributed by atoms with Gasteiger partial charge in [0.05, 0.1) is 22.1 Å². The number of fused-ring (bicyclic) bond motifs is 10. The summed E-state index contributed by atoms with van der Waals surface area (Å²) >= 11 is 0. The largest absolute Gasteiger partial charge is 0.309 e. The fourth-order valence-electron chi connectivity index (χ4n) is 9.51. The van der Waals surface area contributed by atoms with Crippen molar-refractivity contribution in [2.75, 3.05) is 0 Å². The van der Waals surface area contributed by atoms with E-state index in [4.69, 9.17) is 0 Å². The van der Waals surface area contributed by atoms with Gasteiger partial charge in [-0.1, -0.05) is 140 Å². The van der Waals surface area contributed by atoms with Crippen molar-refractivity contribution in [2.24, 2.45) is 0 Å². The van der Waals surface area contributed by atoms with Crippen LogP contribution in [-0.2, 0) is 0 Å². The number of benzene rings is 9. The van der Waals surface area contributed by atoms with E-state index in [0.717, 1.165) is 0 Å². The minimum absolute atomic E-state index is 0.237. The molecule has 0 amide bonds. The van der Waals surface area contributed by atoms with E-state index in [2.05, 4.69) is 209 Å². The molecule has 2 aromatic heterocycles. The van der Waals surface area contributed by atoms with E-state index in [0.29, 0.717) is 0 Å². The fraction of sp³-hybridized carbons (Fsp3) is 0.0189. The number of hydrogen-bond donors (Lipinski definition) is 0. The van der Waals surface area contributed by atoms with Gasteiger partial charge in [-0.3, -0.25) is 0 Å². The Morgan fingerprint density at radius 2 is 0.836 bits per heavy atom. The van der Waals surface area contributed by atoms with Crippen LogP contribution in [0.3, 0.4) is 0 Å². The van der Waals surface area contributed by atoms with Crippen LogP contribution in [0.15, 0.2) is 200 Å². The zero-order valence-corrected chi connectivity index (χ0v) is 30.0. The van der Waals surface area contributed by atoms with E-state index in [1.807, 2.05) is 0 Å². The summed E-state index contributed by atoms with van der Waals surface area (Å²) in [4.78, 5) is 0. The van der Waals surface area contributed by atoms with Crippen molar-refractivity contribution in [2.45, 2.75) is 5.92 Å². The van der Waals surface area contributed by atoms with Crippen LogP contribution in [0.1, 0.15) is 22.6 Å². The highest BCUT2D eigenvalue weighted by molar-refractivity contribution is 6.13. The predicted octanol–water partition coefficient (Wildman–Crippen LogP) is 13.9. The van der Waals surface area contributed by atoms with Gasteiger partial charge in [-0.25, -0.2) is 0 Å². The molecule has 1 atom stereocenters. The first-order valence-corrected chi connectivity index (χ1v) is 19.1. The molecule has 55 heavy (non-hydrogen) atoms. The third kappa shape index (κ3) is 4.49. The first kappa shape index (κ1) is 30.3. The highest BCUT2D eigenvalue weighted by atomic mass is 15.0. The average molecular weight is 699 g/mol. The molecule has 0 spiro atoms. The number of rotatable bonds is 4. The molecule has 0 radical (unpaired) electrons. The Labute approximate surface area is 318 Å². The molecule has 0 saturated heterocycles. The van der Waals surface area contributed by atoms with E-state index in [1.54, 1.807) is 0 Å². The molecule has 1 unspecified atom stereocenters. The molecule has 2 heteroatoms. The molecule has 0 N–H and O–H groups in total. The second-order valence-electron chi connectivity index (χ2n) is 14.9. The van der Waals surface area contributed by atoms with Crippen molar-refractivity contribution in [3.8, 4) is 33.6 Å². The fourth-order valence-corrected chi connectivity index (χ4v) is 9.51. The van der Waals surface area contributed by atoms with Gasteiger partial charge in [0.2, 0.25) is 0 Å². The van der Waals surface area contributed by atoms with Crippen molar-refractivity contribution in [1.82, 2.24) is 9.13 Å². The molecule has 2 heterocycles. The van der Waals surface area contributed by atoms with Crippen LogP contribution in [0.5, 0.6) is 0 Å². The highest BCUT2D eigenvalue weighted by Gasteiger charge is 2.30. The first-order chi connectivity index (χ1) is 27.3. The van der Waals surface area contributed by atoms with Gasteiger partial charge in [-0.15, -0.1) is 0 Å². The molecule has 9 aromatic carbocycles. The predicted molar refractivity (Wildman–Crippen MR) is 231 cm³/mol. The first-order valence-electron chi connectivity index (χ1n) is 19.1. The molecule has 1 aliphatic carbocycles. The lowest BCUT2D eigenvalue weighted by Crippen LogP contribution is -1.99. The Morgan fingerprint density at radius 1 is 0.309 bits per heavy atom. The van der Waals surface area contributed by atoms with E-state index in [1.165, 1.54) is 105 Å². The van der Waals surface area contributed by atoms with E-state index >= 15 is 0 Å². The summed E-state index contributed by atoms with van der Waals surface area (Å²) in [6.07, 6.45) is 0. The quantitative estimate of drug-likeness (QED) is 0.173. The zero-order chi connectivity index (χ0) is 36.0. The van der Waals surface area contributed by atoms with Crippen LogP contribution in [0.2, 0.25) is 0 Å². The van der Waals surface area contributed by atoms with Gasteiger partial charge < -0.3 is 9.13 Å². The molecule has 2 nitrogen and oxygen atoms in total. The highest BCUT2D eigenvalue weighted by Crippen LogP contribution is 2.49. The van der Waals surface area contributed by atoms with Gasteiger partial charge in [-0.05, 0) is 110 Å². The smallest absolute Gasteiger partial charge is 0.0541 e. The second kappa shape index (κ2) is 11.7.